The first-order chi connectivity index (χ1) is 15.8. The van der Waals surface area contributed by atoms with E-state index in [2.05, 4.69) is 33.6 Å². The van der Waals surface area contributed by atoms with Crippen LogP contribution in [0, 0.1) is 0 Å². The minimum absolute atomic E-state index is 0.145. The van der Waals surface area contributed by atoms with Crippen molar-refractivity contribution < 1.29 is 9.53 Å². The van der Waals surface area contributed by atoms with Crippen molar-refractivity contribution in [3.05, 3.63) is 103 Å². The number of nitrogens with zero attached hydrogens (tertiary/aromatic N) is 3. The molecular weight excluding hydrogens is 400 g/mol. The molecule has 2 aromatic heterocycles. The molecular formula is C26H26N4O2. The second-order valence-corrected chi connectivity index (χ2v) is 7.39. The van der Waals surface area contributed by atoms with E-state index in [1.807, 2.05) is 42.5 Å². The summed E-state index contributed by atoms with van der Waals surface area (Å²) in [5.41, 5.74) is 3.68. The smallest absolute Gasteiger partial charge is 0.251 e. The van der Waals surface area contributed by atoms with Gasteiger partial charge in [-0.25, -0.2) is 4.98 Å². The van der Waals surface area contributed by atoms with E-state index in [9.17, 15) is 4.79 Å². The van der Waals surface area contributed by atoms with Crippen molar-refractivity contribution in [1.82, 2.24) is 19.9 Å². The van der Waals surface area contributed by atoms with Gasteiger partial charge in [-0.2, -0.15) is 0 Å². The summed E-state index contributed by atoms with van der Waals surface area (Å²) in [6.07, 6.45) is 6.69. The van der Waals surface area contributed by atoms with Crippen molar-refractivity contribution in [3.8, 4) is 5.75 Å². The number of imidazole rings is 1. The lowest BCUT2D eigenvalue weighted by Crippen LogP contribution is -2.25. The van der Waals surface area contributed by atoms with E-state index in [4.69, 9.17) is 9.72 Å². The fourth-order valence-corrected chi connectivity index (χ4v) is 3.65. The molecule has 1 N–H and O–H groups in total. The van der Waals surface area contributed by atoms with Gasteiger partial charge in [-0.3, -0.25) is 9.78 Å². The van der Waals surface area contributed by atoms with Crippen LogP contribution < -0.4 is 10.1 Å². The molecule has 0 aliphatic carbocycles. The van der Waals surface area contributed by atoms with Crippen molar-refractivity contribution in [1.29, 1.82) is 0 Å². The summed E-state index contributed by atoms with van der Waals surface area (Å²) >= 11 is 0. The van der Waals surface area contributed by atoms with E-state index < -0.39 is 0 Å². The molecule has 32 heavy (non-hydrogen) atoms. The van der Waals surface area contributed by atoms with Gasteiger partial charge in [-0.15, -0.1) is 6.58 Å². The lowest BCUT2D eigenvalue weighted by atomic mass is 10.1. The molecule has 0 saturated carbocycles. The van der Waals surface area contributed by atoms with E-state index in [1.165, 1.54) is 0 Å². The number of rotatable bonds is 10. The van der Waals surface area contributed by atoms with Gasteiger partial charge < -0.3 is 14.6 Å². The Kier molecular flexibility index (Phi) is 6.92. The number of nitrogens with one attached hydrogen (secondary N) is 1. The molecule has 0 unspecified atom stereocenters. The van der Waals surface area contributed by atoms with Crippen molar-refractivity contribution in [2.75, 3.05) is 6.61 Å². The highest BCUT2D eigenvalue weighted by Crippen LogP contribution is 2.20. The second kappa shape index (κ2) is 10.4. The Morgan fingerprint density at radius 3 is 2.69 bits per heavy atom. The maximum atomic E-state index is 12.4. The van der Waals surface area contributed by atoms with E-state index in [1.54, 1.807) is 24.5 Å². The monoisotopic (exact) mass is 426 g/mol. The van der Waals surface area contributed by atoms with Gasteiger partial charge in [0, 0.05) is 24.5 Å². The summed E-state index contributed by atoms with van der Waals surface area (Å²) in [5.74, 6) is 1.57. The zero-order valence-corrected chi connectivity index (χ0v) is 17.9. The highest BCUT2D eigenvalue weighted by Gasteiger charge is 2.12. The van der Waals surface area contributed by atoms with E-state index >= 15 is 0 Å². The molecule has 0 aliphatic rings. The number of aromatic nitrogens is 3. The zero-order valence-electron chi connectivity index (χ0n) is 17.9. The van der Waals surface area contributed by atoms with Gasteiger partial charge >= 0.3 is 0 Å². The van der Waals surface area contributed by atoms with Crippen molar-refractivity contribution in [2.24, 2.45) is 0 Å². The number of allylic oxidation sites excluding steroid dienone is 1. The van der Waals surface area contributed by atoms with E-state index in [0.717, 1.165) is 47.6 Å². The molecule has 0 fully saturated rings. The van der Waals surface area contributed by atoms with Gasteiger partial charge in [0.1, 0.15) is 11.6 Å². The molecule has 6 heteroatoms. The fourth-order valence-electron chi connectivity index (χ4n) is 3.65. The summed E-state index contributed by atoms with van der Waals surface area (Å²) in [4.78, 5) is 21.1. The number of carbonyl (C=O) groups excluding carboxylic acids is 1. The molecule has 0 aliphatic heterocycles. The average Bonchev–Trinajstić information content (AvgIpc) is 3.19. The number of ether oxygens (including phenoxy) is 1. The number of benzene rings is 2. The van der Waals surface area contributed by atoms with Crippen molar-refractivity contribution in [2.45, 2.75) is 25.9 Å². The molecule has 6 nitrogen and oxygen atoms in total. The van der Waals surface area contributed by atoms with E-state index in [-0.39, 0.29) is 5.91 Å². The molecule has 2 heterocycles. The van der Waals surface area contributed by atoms with Crippen LogP contribution in [-0.4, -0.2) is 27.0 Å². The Morgan fingerprint density at radius 1 is 1.06 bits per heavy atom. The van der Waals surface area contributed by atoms with Crippen molar-refractivity contribution >= 4 is 16.9 Å². The molecule has 0 spiro atoms. The minimum Gasteiger partial charge on any atom is -0.493 e. The number of para-hydroxylation sites is 3. The number of fused-ring (bicyclic) bond motifs is 1. The normalized spacial score (nSPS) is 10.8. The Morgan fingerprint density at radius 2 is 1.84 bits per heavy atom. The topological polar surface area (TPSA) is 69.0 Å². The van der Waals surface area contributed by atoms with Crippen LogP contribution in [0.4, 0.5) is 0 Å². The van der Waals surface area contributed by atoms with Gasteiger partial charge in [0.05, 0.1) is 24.2 Å². The lowest BCUT2D eigenvalue weighted by molar-refractivity contribution is 0.0949. The Balaban J connectivity index is 1.42. The molecule has 2 aromatic carbocycles. The maximum Gasteiger partial charge on any atom is 0.251 e. The van der Waals surface area contributed by atoms with Gasteiger partial charge in [0.25, 0.3) is 5.91 Å². The van der Waals surface area contributed by atoms with Gasteiger partial charge in [0.2, 0.25) is 0 Å². The molecule has 0 saturated heterocycles. The molecule has 0 bridgehead atoms. The summed E-state index contributed by atoms with van der Waals surface area (Å²) in [5, 5.41) is 2.96. The van der Waals surface area contributed by atoms with Crippen LogP contribution in [0.2, 0.25) is 0 Å². The fraction of sp³-hybridized carbons (Fsp3) is 0.192. The molecule has 0 radical (unpaired) electrons. The highest BCUT2D eigenvalue weighted by molar-refractivity contribution is 5.93. The third kappa shape index (κ3) is 5.03. The first-order valence-corrected chi connectivity index (χ1v) is 10.7. The summed E-state index contributed by atoms with van der Waals surface area (Å²) < 4.78 is 8.19. The number of aryl methyl sites for hydroxylation is 1. The molecule has 4 aromatic rings. The van der Waals surface area contributed by atoms with Crippen LogP contribution in [0.25, 0.3) is 11.0 Å². The summed E-state index contributed by atoms with van der Waals surface area (Å²) in [7, 11) is 0. The predicted molar refractivity (Wildman–Crippen MR) is 126 cm³/mol. The van der Waals surface area contributed by atoms with Gasteiger partial charge in [-0.05, 0) is 48.7 Å². The maximum absolute atomic E-state index is 12.4. The van der Waals surface area contributed by atoms with Gasteiger partial charge in [0.15, 0.2) is 0 Å². The third-order valence-corrected chi connectivity index (χ3v) is 5.20. The first-order valence-electron chi connectivity index (χ1n) is 10.7. The molecule has 162 valence electrons. The summed E-state index contributed by atoms with van der Waals surface area (Å²) in [6.45, 7) is 5.49. The SMILES string of the molecule is C=CCc1ccccc1OCCCn1c(CNC(=O)c2ccncc2)nc2ccccc21. The van der Waals surface area contributed by atoms with Crippen LogP contribution >= 0.6 is 0 Å². The Hall–Kier alpha value is -3.93. The number of carbonyl (C=O) groups is 1. The third-order valence-electron chi connectivity index (χ3n) is 5.20. The van der Waals surface area contributed by atoms with Crippen LogP contribution in [0.5, 0.6) is 5.75 Å². The average molecular weight is 427 g/mol. The number of hydrogen-bond donors (Lipinski definition) is 1. The largest absolute Gasteiger partial charge is 0.493 e. The quantitative estimate of drug-likeness (QED) is 0.298. The lowest BCUT2D eigenvalue weighted by Gasteiger charge is -2.13. The van der Waals surface area contributed by atoms with Crippen LogP contribution in [0.1, 0.15) is 28.2 Å². The van der Waals surface area contributed by atoms with E-state index in [0.29, 0.717) is 18.7 Å². The van der Waals surface area contributed by atoms with Crippen LogP contribution in [0.15, 0.2) is 85.7 Å². The van der Waals surface area contributed by atoms with Crippen molar-refractivity contribution in [3.63, 3.8) is 0 Å². The summed E-state index contributed by atoms with van der Waals surface area (Å²) in [6, 6.07) is 19.4. The molecule has 1 amide bonds. The Labute approximate surface area is 187 Å². The first kappa shape index (κ1) is 21.3. The molecule has 4 rings (SSSR count). The van der Waals surface area contributed by atoms with Crippen LogP contribution in [0.3, 0.4) is 0 Å². The second-order valence-electron chi connectivity index (χ2n) is 7.39. The standard InChI is InChI=1S/C26H26N4O2/c1-2-8-20-9-3-6-12-24(20)32-18-7-17-30-23-11-5-4-10-22(23)29-25(30)19-28-26(31)21-13-15-27-16-14-21/h2-6,9-16H,1,7-8,17-19H2,(H,28,31). The minimum atomic E-state index is -0.145. The Bertz CT molecular complexity index is 1200. The van der Waals surface area contributed by atoms with Gasteiger partial charge in [-0.1, -0.05) is 36.4 Å². The number of amides is 1. The number of pyridine rings is 1. The number of hydrogen-bond acceptors (Lipinski definition) is 4. The molecule has 0 atom stereocenters. The highest BCUT2D eigenvalue weighted by atomic mass is 16.5. The van der Waals surface area contributed by atoms with Crippen LogP contribution in [-0.2, 0) is 19.5 Å². The predicted octanol–water partition coefficient (Wildman–Crippen LogP) is 4.56. The zero-order chi connectivity index (χ0) is 22.2.